The summed E-state index contributed by atoms with van der Waals surface area (Å²) in [4.78, 5) is 0.127. The van der Waals surface area contributed by atoms with Gasteiger partial charge in [-0.2, -0.15) is 8.61 Å². The van der Waals surface area contributed by atoms with Gasteiger partial charge in [0, 0.05) is 13.1 Å². The van der Waals surface area contributed by atoms with Crippen molar-refractivity contribution in [3.05, 3.63) is 130 Å². The maximum absolute atomic E-state index is 14.6. The summed E-state index contributed by atoms with van der Waals surface area (Å²) in [6.07, 6.45) is 0. The Morgan fingerprint density at radius 2 is 0.933 bits per heavy atom. The highest BCUT2D eigenvalue weighted by Gasteiger charge is 2.51. The van der Waals surface area contributed by atoms with Crippen molar-refractivity contribution in [1.29, 1.82) is 0 Å². The molecule has 45 heavy (non-hydrogen) atoms. The first-order valence-electron chi connectivity index (χ1n) is 14.7. The minimum Gasteiger partial charge on any atom is -0.229 e. The lowest BCUT2D eigenvalue weighted by atomic mass is 10.1. The van der Waals surface area contributed by atoms with Crippen molar-refractivity contribution in [1.82, 2.24) is 8.61 Å². The fourth-order valence-corrected chi connectivity index (χ4v) is 11.9. The van der Waals surface area contributed by atoms with E-state index in [-0.39, 0.29) is 22.9 Å². The predicted octanol–water partition coefficient (Wildman–Crippen LogP) is 5.17. The van der Waals surface area contributed by atoms with Crippen LogP contribution in [-0.4, -0.2) is 57.5 Å². The lowest BCUT2D eigenvalue weighted by molar-refractivity contribution is 0.219. The van der Waals surface area contributed by atoms with Crippen LogP contribution in [0.2, 0.25) is 0 Å². The van der Waals surface area contributed by atoms with Crippen LogP contribution < -0.4 is 0 Å². The van der Waals surface area contributed by atoms with E-state index in [1.165, 1.54) is 8.61 Å². The molecule has 0 N–H and O–H groups in total. The molecule has 0 aliphatic carbocycles. The van der Waals surface area contributed by atoms with Gasteiger partial charge >= 0.3 is 0 Å². The van der Waals surface area contributed by atoms with Crippen LogP contribution in [0, 0.1) is 27.7 Å². The Morgan fingerprint density at radius 1 is 0.578 bits per heavy atom. The largest absolute Gasteiger partial charge is 0.243 e. The van der Waals surface area contributed by atoms with Gasteiger partial charge in [-0.1, -0.05) is 84.9 Å². The molecule has 0 radical (unpaired) electrons. The second-order valence-electron chi connectivity index (χ2n) is 11.8. The minimum atomic E-state index is -4.30. The highest BCUT2D eigenvalue weighted by molar-refractivity contribution is 7.92. The monoisotopic (exact) mass is 666 g/mol. The van der Waals surface area contributed by atoms with Gasteiger partial charge in [0.2, 0.25) is 20.0 Å². The summed E-state index contributed by atoms with van der Waals surface area (Å²) in [5, 5.41) is 0. The van der Waals surface area contributed by atoms with Gasteiger partial charge in [0.15, 0.2) is 9.84 Å². The second kappa shape index (κ2) is 12.8. The Hall–Kier alpha value is -3.35. The highest BCUT2D eigenvalue weighted by atomic mass is 32.2. The molecule has 1 heterocycles. The van der Waals surface area contributed by atoms with Crippen molar-refractivity contribution in [2.75, 3.05) is 11.5 Å². The summed E-state index contributed by atoms with van der Waals surface area (Å²) < 4.78 is 87.9. The van der Waals surface area contributed by atoms with E-state index < -0.39 is 53.5 Å². The first-order valence-corrected chi connectivity index (χ1v) is 19.4. The Morgan fingerprint density at radius 3 is 1.29 bits per heavy atom. The number of sulfonamides is 2. The van der Waals surface area contributed by atoms with Crippen LogP contribution in [0.4, 0.5) is 0 Å². The van der Waals surface area contributed by atoms with Crippen molar-refractivity contribution in [2.24, 2.45) is 0 Å². The smallest absolute Gasteiger partial charge is 0.229 e. The second-order valence-corrected chi connectivity index (χ2v) is 17.7. The Bertz CT molecular complexity index is 1870. The molecule has 0 spiro atoms. The van der Waals surface area contributed by atoms with E-state index in [9.17, 15) is 25.3 Å². The van der Waals surface area contributed by atoms with E-state index in [4.69, 9.17) is 0 Å². The van der Waals surface area contributed by atoms with Gasteiger partial charge < -0.3 is 0 Å². The summed E-state index contributed by atoms with van der Waals surface area (Å²) in [6.45, 7) is 6.72. The van der Waals surface area contributed by atoms with Gasteiger partial charge in [-0.15, -0.1) is 0 Å². The standard InChI is InChI=1S/C34H38N2O6S3/c1-25-15-17-27(3)33(19-25)44(39,40)35(21-29-11-7-5-8-12-29)31-23-43(37,38)24-32(31)36(22-30-13-9-6-10-14-30)45(41,42)34-20-26(2)16-18-28(34)4/h5-20,31-32H,21-24H2,1-4H3/t31-,32-/m1/s1. The summed E-state index contributed by atoms with van der Waals surface area (Å²) >= 11 is 0. The summed E-state index contributed by atoms with van der Waals surface area (Å²) in [6, 6.07) is 25.7. The average molecular weight is 667 g/mol. The predicted molar refractivity (Wildman–Crippen MR) is 176 cm³/mol. The zero-order chi connectivity index (χ0) is 32.6. The van der Waals surface area contributed by atoms with Gasteiger partial charge in [0.1, 0.15) is 0 Å². The molecule has 4 aromatic carbocycles. The van der Waals surface area contributed by atoms with Crippen LogP contribution in [-0.2, 0) is 43.0 Å². The molecule has 2 atom stereocenters. The van der Waals surface area contributed by atoms with Gasteiger partial charge in [-0.05, 0) is 73.2 Å². The molecule has 0 bridgehead atoms. The van der Waals surface area contributed by atoms with Crippen LogP contribution in [0.15, 0.2) is 107 Å². The number of aryl methyl sites for hydroxylation is 4. The molecular formula is C34H38N2O6S3. The van der Waals surface area contributed by atoms with Crippen LogP contribution in [0.3, 0.4) is 0 Å². The molecule has 1 aliphatic heterocycles. The molecule has 1 fully saturated rings. The molecule has 11 heteroatoms. The topological polar surface area (TPSA) is 109 Å². The van der Waals surface area contributed by atoms with E-state index >= 15 is 0 Å². The first-order chi connectivity index (χ1) is 21.2. The van der Waals surface area contributed by atoms with Gasteiger partial charge in [-0.25, -0.2) is 25.3 Å². The molecule has 5 rings (SSSR count). The molecule has 8 nitrogen and oxygen atoms in total. The number of hydrogen-bond acceptors (Lipinski definition) is 6. The maximum Gasteiger partial charge on any atom is 0.243 e. The number of nitrogens with zero attached hydrogens (tertiary/aromatic N) is 2. The molecule has 0 aromatic heterocycles. The van der Waals surface area contributed by atoms with Crippen molar-refractivity contribution >= 4 is 29.9 Å². The van der Waals surface area contributed by atoms with E-state index in [1.807, 2.05) is 24.3 Å². The lowest BCUT2D eigenvalue weighted by Crippen LogP contribution is -2.54. The van der Waals surface area contributed by atoms with Gasteiger partial charge in [-0.3, -0.25) is 0 Å². The zero-order valence-corrected chi connectivity index (χ0v) is 28.2. The van der Waals surface area contributed by atoms with Gasteiger partial charge in [0.25, 0.3) is 0 Å². The van der Waals surface area contributed by atoms with Crippen LogP contribution in [0.5, 0.6) is 0 Å². The van der Waals surface area contributed by atoms with Crippen LogP contribution in [0.1, 0.15) is 33.4 Å². The van der Waals surface area contributed by atoms with Crippen LogP contribution in [0.25, 0.3) is 0 Å². The molecule has 0 amide bonds. The molecule has 0 saturated carbocycles. The normalized spacial score (nSPS) is 18.4. The third-order valence-electron chi connectivity index (χ3n) is 8.26. The Kier molecular flexibility index (Phi) is 9.40. The summed E-state index contributed by atoms with van der Waals surface area (Å²) in [5.41, 5.74) is 3.80. The van der Waals surface area contributed by atoms with E-state index in [0.717, 1.165) is 11.1 Å². The molecule has 238 valence electrons. The first kappa shape index (κ1) is 33.0. The maximum atomic E-state index is 14.6. The fraction of sp³-hybridized carbons (Fsp3) is 0.294. The van der Waals surface area contributed by atoms with E-state index in [1.54, 1.807) is 100 Å². The Labute approximate surface area is 267 Å². The molecular weight excluding hydrogens is 629 g/mol. The quantitative estimate of drug-likeness (QED) is 0.231. The number of rotatable bonds is 10. The average Bonchev–Trinajstić information content (AvgIpc) is 3.32. The van der Waals surface area contributed by atoms with Crippen LogP contribution >= 0.6 is 0 Å². The van der Waals surface area contributed by atoms with Crippen molar-refractivity contribution in [3.63, 3.8) is 0 Å². The molecule has 1 aliphatic rings. The molecule has 0 unspecified atom stereocenters. The Balaban J connectivity index is 1.72. The molecule has 1 saturated heterocycles. The lowest BCUT2D eigenvalue weighted by Gasteiger charge is -2.37. The highest BCUT2D eigenvalue weighted by Crippen LogP contribution is 2.35. The zero-order valence-electron chi connectivity index (χ0n) is 25.8. The minimum absolute atomic E-state index is 0.0634. The number of hydrogen-bond donors (Lipinski definition) is 0. The summed E-state index contributed by atoms with van der Waals surface area (Å²) in [5.74, 6) is -1.02. The number of benzene rings is 4. The molecule has 4 aromatic rings. The van der Waals surface area contributed by atoms with Crippen molar-refractivity contribution < 1.29 is 25.3 Å². The van der Waals surface area contributed by atoms with Crippen molar-refractivity contribution in [2.45, 2.75) is 62.7 Å². The van der Waals surface area contributed by atoms with E-state index in [2.05, 4.69) is 0 Å². The van der Waals surface area contributed by atoms with E-state index in [0.29, 0.717) is 22.3 Å². The third kappa shape index (κ3) is 7.07. The number of sulfone groups is 1. The fourth-order valence-electron chi connectivity index (χ4n) is 5.87. The summed E-state index contributed by atoms with van der Waals surface area (Å²) in [7, 11) is -12.5. The third-order valence-corrected chi connectivity index (χ3v) is 14.0. The van der Waals surface area contributed by atoms with Crippen molar-refractivity contribution in [3.8, 4) is 0 Å². The SMILES string of the molecule is Cc1ccc(C)c(S(=O)(=O)N(Cc2ccccc2)[C@@H]2CS(=O)(=O)C[C@H]2N(Cc2ccccc2)S(=O)(=O)c2cc(C)ccc2C)c1. The van der Waals surface area contributed by atoms with Gasteiger partial charge in [0.05, 0.1) is 33.4 Å².